The fourth-order valence-corrected chi connectivity index (χ4v) is 1.65. The summed E-state index contributed by atoms with van der Waals surface area (Å²) in [7, 11) is 0. The van der Waals surface area contributed by atoms with Crippen LogP contribution in [0.15, 0.2) is 0 Å². The zero-order valence-corrected chi connectivity index (χ0v) is 8.91. The summed E-state index contributed by atoms with van der Waals surface area (Å²) in [6.07, 6.45) is 2.02. The smallest absolute Gasteiger partial charge is 0.234 e. The van der Waals surface area contributed by atoms with Crippen LogP contribution in [-0.2, 0) is 4.79 Å². The van der Waals surface area contributed by atoms with Gasteiger partial charge in [0.2, 0.25) is 6.29 Å². The van der Waals surface area contributed by atoms with Crippen molar-refractivity contribution in [2.45, 2.75) is 34.6 Å². The highest BCUT2D eigenvalue weighted by molar-refractivity contribution is 5.81. The highest BCUT2D eigenvalue weighted by atomic mass is 16.1. The third kappa shape index (κ3) is 1.39. The molecule has 1 heteroatoms. The first kappa shape index (κ1) is 9.97. The molecule has 0 atom stereocenters. The summed E-state index contributed by atoms with van der Waals surface area (Å²) in [5.74, 6) is 0. The summed E-state index contributed by atoms with van der Waals surface area (Å²) in [5, 5.41) is 0. The van der Waals surface area contributed by atoms with Crippen LogP contribution in [0.4, 0.5) is 0 Å². The quantitative estimate of drug-likeness (QED) is 0.641. The Morgan fingerprint density at radius 3 is 1.31 bits per heavy atom. The van der Waals surface area contributed by atoms with Gasteiger partial charge in [0.15, 0.2) is 0 Å². The molecule has 69 valence electrons. The Morgan fingerprint density at radius 2 is 1.00 bits per heavy atom. The van der Waals surface area contributed by atoms with Gasteiger partial charge >= 0.3 is 0 Å². The highest BCUT2D eigenvalue weighted by Gasteiger charge is 2.11. The van der Waals surface area contributed by atoms with Crippen LogP contribution in [0.3, 0.4) is 0 Å². The van der Waals surface area contributed by atoms with Gasteiger partial charge in [0.1, 0.15) is 0 Å². The molecule has 1 aromatic carbocycles. The molecule has 0 aliphatic carbocycles. The van der Waals surface area contributed by atoms with Crippen LogP contribution in [0, 0.1) is 34.6 Å². The van der Waals surface area contributed by atoms with Crippen molar-refractivity contribution in [3.05, 3.63) is 33.4 Å². The predicted molar refractivity (Wildman–Crippen MR) is 54.9 cm³/mol. The number of carbonyl (C=O) groups excluding carboxylic acids is 1. The van der Waals surface area contributed by atoms with Crippen LogP contribution in [0.25, 0.3) is 0 Å². The zero-order valence-electron chi connectivity index (χ0n) is 8.91. The van der Waals surface area contributed by atoms with Crippen LogP contribution >= 0.6 is 0 Å². The van der Waals surface area contributed by atoms with Crippen molar-refractivity contribution in [1.82, 2.24) is 0 Å². The Balaban J connectivity index is 3.66. The molecule has 0 amide bonds. The minimum Gasteiger partial charge on any atom is -0.285 e. The number of hydrogen-bond acceptors (Lipinski definition) is 1. The predicted octanol–water partition coefficient (Wildman–Crippen LogP) is 2.69. The summed E-state index contributed by atoms with van der Waals surface area (Å²) < 4.78 is 0. The van der Waals surface area contributed by atoms with Crippen molar-refractivity contribution in [3.63, 3.8) is 0 Å². The molecule has 0 N–H and O–H groups in total. The Hall–Kier alpha value is -1.11. The van der Waals surface area contributed by atoms with Crippen LogP contribution in [-0.4, -0.2) is 6.29 Å². The van der Waals surface area contributed by atoms with Crippen molar-refractivity contribution in [1.29, 1.82) is 0 Å². The molecule has 0 unspecified atom stereocenters. The first-order chi connectivity index (χ1) is 6.00. The molecule has 1 rings (SSSR count). The van der Waals surface area contributed by atoms with E-state index in [1.165, 1.54) is 16.7 Å². The zero-order chi connectivity index (χ0) is 10.2. The molecule has 0 spiro atoms. The second-order valence-corrected chi connectivity index (χ2v) is 3.60. The van der Waals surface area contributed by atoms with Crippen molar-refractivity contribution >= 4 is 6.29 Å². The maximum atomic E-state index is 10.7. The van der Waals surface area contributed by atoms with Crippen LogP contribution in [0.1, 0.15) is 33.4 Å². The lowest BCUT2D eigenvalue weighted by atomic mass is 9.90. The minimum atomic E-state index is 0.737. The fraction of sp³-hybridized carbons (Fsp3) is 0.417. The average Bonchev–Trinajstić information content (AvgIpc) is 2.13. The lowest BCUT2D eigenvalue weighted by Gasteiger charge is -2.14. The van der Waals surface area contributed by atoms with Gasteiger partial charge in [-0.25, -0.2) is 0 Å². The molecule has 0 aromatic heterocycles. The van der Waals surface area contributed by atoms with Crippen LogP contribution in [0.5, 0.6) is 0 Å². The van der Waals surface area contributed by atoms with E-state index in [9.17, 15) is 4.79 Å². The molecule has 0 aliphatic rings. The van der Waals surface area contributed by atoms with E-state index in [4.69, 9.17) is 0 Å². The lowest BCUT2D eigenvalue weighted by molar-refractivity contribution is 0.562. The first-order valence-electron chi connectivity index (χ1n) is 4.45. The second kappa shape index (κ2) is 3.33. The van der Waals surface area contributed by atoms with E-state index in [0.29, 0.717) is 0 Å². The molecular weight excluding hydrogens is 160 g/mol. The molecule has 0 aliphatic heterocycles. The van der Waals surface area contributed by atoms with E-state index in [-0.39, 0.29) is 0 Å². The molecule has 0 saturated carbocycles. The monoisotopic (exact) mass is 175 g/mol. The second-order valence-electron chi connectivity index (χ2n) is 3.60. The van der Waals surface area contributed by atoms with Crippen molar-refractivity contribution < 1.29 is 4.79 Å². The van der Waals surface area contributed by atoms with Gasteiger partial charge in [0.25, 0.3) is 0 Å². The molecule has 0 heterocycles. The van der Waals surface area contributed by atoms with Gasteiger partial charge in [-0.2, -0.15) is 0 Å². The highest BCUT2D eigenvalue weighted by Crippen LogP contribution is 2.24. The van der Waals surface area contributed by atoms with Crippen molar-refractivity contribution in [2.24, 2.45) is 0 Å². The maximum absolute atomic E-state index is 10.7. The van der Waals surface area contributed by atoms with Crippen molar-refractivity contribution in [3.8, 4) is 0 Å². The van der Waals surface area contributed by atoms with Gasteiger partial charge in [-0.05, 0) is 62.4 Å². The molecule has 1 aromatic rings. The SMILES string of the molecule is Cc1c(C)c(C)c([C]=O)c(C)c1C. The van der Waals surface area contributed by atoms with Gasteiger partial charge in [-0.1, -0.05) is 0 Å². The molecule has 0 fully saturated rings. The third-order valence-electron chi connectivity index (χ3n) is 3.10. The number of benzene rings is 1. The molecule has 1 radical (unpaired) electrons. The summed E-state index contributed by atoms with van der Waals surface area (Å²) in [5.41, 5.74) is 6.57. The summed E-state index contributed by atoms with van der Waals surface area (Å²) in [4.78, 5) is 10.7. The molecular formula is C12H15O. The summed E-state index contributed by atoms with van der Waals surface area (Å²) >= 11 is 0. The molecule has 0 bridgehead atoms. The third-order valence-corrected chi connectivity index (χ3v) is 3.10. The van der Waals surface area contributed by atoms with Gasteiger partial charge in [0, 0.05) is 5.56 Å². The molecule has 1 nitrogen and oxygen atoms in total. The normalized spacial score (nSPS) is 10.2. The van der Waals surface area contributed by atoms with E-state index < -0.39 is 0 Å². The molecule has 13 heavy (non-hydrogen) atoms. The van der Waals surface area contributed by atoms with E-state index >= 15 is 0 Å². The fourth-order valence-electron chi connectivity index (χ4n) is 1.65. The van der Waals surface area contributed by atoms with Gasteiger partial charge in [-0.15, -0.1) is 0 Å². The Kier molecular flexibility index (Phi) is 2.55. The first-order valence-corrected chi connectivity index (χ1v) is 4.45. The Labute approximate surface area is 79.8 Å². The number of hydrogen-bond donors (Lipinski definition) is 0. The Morgan fingerprint density at radius 1 is 0.692 bits per heavy atom. The standard InChI is InChI=1S/C12H15O/c1-7-8(2)10(4)12(6-13)11(5)9(7)3/h1-5H3. The van der Waals surface area contributed by atoms with E-state index in [1.807, 2.05) is 20.1 Å². The van der Waals surface area contributed by atoms with Crippen LogP contribution in [0.2, 0.25) is 0 Å². The minimum absolute atomic E-state index is 0.737. The van der Waals surface area contributed by atoms with Crippen molar-refractivity contribution in [2.75, 3.05) is 0 Å². The molecule has 0 saturated heterocycles. The van der Waals surface area contributed by atoms with Gasteiger partial charge < -0.3 is 0 Å². The van der Waals surface area contributed by atoms with E-state index in [2.05, 4.69) is 20.8 Å². The van der Waals surface area contributed by atoms with E-state index in [1.54, 1.807) is 0 Å². The number of rotatable bonds is 1. The Bertz CT molecular complexity index is 333. The van der Waals surface area contributed by atoms with Crippen LogP contribution < -0.4 is 0 Å². The summed E-state index contributed by atoms with van der Waals surface area (Å²) in [6.45, 7) is 10.2. The maximum Gasteiger partial charge on any atom is 0.234 e. The van der Waals surface area contributed by atoms with Gasteiger partial charge in [-0.3, -0.25) is 4.79 Å². The average molecular weight is 175 g/mol. The summed E-state index contributed by atoms with van der Waals surface area (Å²) in [6, 6.07) is 0. The topological polar surface area (TPSA) is 17.1 Å². The van der Waals surface area contributed by atoms with Gasteiger partial charge in [0.05, 0.1) is 0 Å². The lowest BCUT2D eigenvalue weighted by Crippen LogP contribution is -2.01. The largest absolute Gasteiger partial charge is 0.285 e. The van der Waals surface area contributed by atoms with E-state index in [0.717, 1.165) is 16.7 Å².